The highest BCUT2D eigenvalue weighted by atomic mass is 35.5. The van der Waals surface area contributed by atoms with Crippen LogP contribution in [0.15, 0.2) is 41.8 Å². The first-order chi connectivity index (χ1) is 10.0. The van der Waals surface area contributed by atoms with Crippen LogP contribution in [0.4, 0.5) is 0 Å². The van der Waals surface area contributed by atoms with Crippen molar-refractivity contribution in [1.82, 2.24) is 4.90 Å². The molecule has 120 valence electrons. The van der Waals surface area contributed by atoms with Gasteiger partial charge in [-0.15, -0.1) is 23.7 Å². The number of hydrogen-bond acceptors (Lipinski definition) is 3. The van der Waals surface area contributed by atoms with Crippen molar-refractivity contribution in [3.05, 3.63) is 46.7 Å². The van der Waals surface area contributed by atoms with E-state index in [-0.39, 0.29) is 17.8 Å². The van der Waals surface area contributed by atoms with Gasteiger partial charge in [-0.1, -0.05) is 44.2 Å². The summed E-state index contributed by atoms with van der Waals surface area (Å²) < 4.78 is 0. The summed E-state index contributed by atoms with van der Waals surface area (Å²) in [5, 5.41) is 2.27. The van der Waals surface area contributed by atoms with Crippen molar-refractivity contribution in [3.8, 4) is 11.1 Å². The van der Waals surface area contributed by atoms with E-state index in [4.69, 9.17) is 5.73 Å². The fourth-order valence-corrected chi connectivity index (χ4v) is 4.02. The van der Waals surface area contributed by atoms with E-state index in [9.17, 15) is 0 Å². The Morgan fingerprint density at radius 1 is 1.23 bits per heavy atom. The third kappa shape index (κ3) is 3.90. The van der Waals surface area contributed by atoms with E-state index in [0.717, 1.165) is 26.1 Å². The minimum atomic E-state index is 0. The second-order valence-electron chi connectivity index (χ2n) is 6.76. The van der Waals surface area contributed by atoms with Gasteiger partial charge in [0.25, 0.3) is 0 Å². The van der Waals surface area contributed by atoms with E-state index < -0.39 is 0 Å². The molecule has 0 bridgehead atoms. The number of rotatable bonds is 3. The van der Waals surface area contributed by atoms with E-state index >= 15 is 0 Å². The molecule has 2 nitrogen and oxygen atoms in total. The minimum Gasteiger partial charge on any atom is -0.327 e. The lowest BCUT2D eigenvalue weighted by Gasteiger charge is -2.42. The summed E-state index contributed by atoms with van der Waals surface area (Å²) in [4.78, 5) is 3.99. The maximum Gasteiger partial charge on any atom is 0.0328 e. The normalized spacial score (nSPS) is 21.3. The Kier molecular flexibility index (Phi) is 5.67. The summed E-state index contributed by atoms with van der Waals surface area (Å²) >= 11 is 1.87. The van der Waals surface area contributed by atoms with Crippen molar-refractivity contribution >= 4 is 23.7 Å². The molecule has 0 amide bonds. The van der Waals surface area contributed by atoms with Crippen molar-refractivity contribution in [2.45, 2.75) is 32.9 Å². The fourth-order valence-electron chi connectivity index (χ4n) is 3.09. The third-order valence-corrected chi connectivity index (χ3v) is 5.45. The van der Waals surface area contributed by atoms with Crippen LogP contribution >= 0.6 is 23.7 Å². The van der Waals surface area contributed by atoms with Crippen LogP contribution in [-0.2, 0) is 6.54 Å². The fraction of sp³-hybridized carbons (Fsp3) is 0.444. The standard InChI is InChI=1S/C18H24N2S.ClH/c1-18(2)13-20(9-8-17(18)19)11-16-10-15(12-21-16)14-6-4-3-5-7-14;/h3-7,10,12,17H,8-9,11,13,19H2,1-2H3;1H. The average Bonchev–Trinajstić information content (AvgIpc) is 2.92. The molecule has 0 aliphatic carbocycles. The number of piperidine rings is 1. The van der Waals surface area contributed by atoms with Gasteiger partial charge in [0.15, 0.2) is 0 Å². The molecule has 1 aromatic carbocycles. The van der Waals surface area contributed by atoms with E-state index in [1.54, 1.807) is 0 Å². The van der Waals surface area contributed by atoms with Gasteiger partial charge in [-0.05, 0) is 34.4 Å². The van der Waals surface area contributed by atoms with Crippen molar-refractivity contribution < 1.29 is 0 Å². The molecule has 22 heavy (non-hydrogen) atoms. The Hall–Kier alpha value is -0.870. The lowest BCUT2D eigenvalue weighted by Crippen LogP contribution is -2.51. The zero-order valence-corrected chi connectivity index (χ0v) is 14.9. The molecule has 0 radical (unpaired) electrons. The molecule has 4 heteroatoms. The molecule has 1 saturated heterocycles. The number of halogens is 1. The van der Waals surface area contributed by atoms with E-state index in [2.05, 4.69) is 60.5 Å². The van der Waals surface area contributed by atoms with Gasteiger partial charge in [-0.25, -0.2) is 0 Å². The van der Waals surface area contributed by atoms with Gasteiger partial charge in [0.05, 0.1) is 0 Å². The van der Waals surface area contributed by atoms with Crippen LogP contribution in [0, 0.1) is 5.41 Å². The molecule has 2 aromatic rings. The molecule has 1 aliphatic rings. The van der Waals surface area contributed by atoms with Gasteiger partial charge in [-0.3, -0.25) is 4.90 Å². The van der Waals surface area contributed by atoms with E-state index in [0.29, 0.717) is 6.04 Å². The molecule has 2 heterocycles. The lowest BCUT2D eigenvalue weighted by molar-refractivity contribution is 0.0907. The zero-order valence-electron chi connectivity index (χ0n) is 13.3. The highest BCUT2D eigenvalue weighted by Gasteiger charge is 2.33. The minimum absolute atomic E-state index is 0. The Morgan fingerprint density at radius 2 is 1.95 bits per heavy atom. The monoisotopic (exact) mass is 336 g/mol. The summed E-state index contributed by atoms with van der Waals surface area (Å²) in [6, 6.07) is 13.3. The van der Waals surface area contributed by atoms with Crippen molar-refractivity contribution in [1.29, 1.82) is 0 Å². The predicted octanol–water partition coefficient (Wildman–Crippen LogP) is 4.40. The first-order valence-electron chi connectivity index (χ1n) is 7.65. The summed E-state index contributed by atoms with van der Waals surface area (Å²) in [6.07, 6.45) is 1.10. The Bertz CT molecular complexity index is 594. The highest BCUT2D eigenvalue weighted by Crippen LogP contribution is 2.31. The van der Waals surface area contributed by atoms with Crippen molar-refractivity contribution in [3.63, 3.8) is 0 Å². The molecule has 1 aromatic heterocycles. The number of nitrogens with zero attached hydrogens (tertiary/aromatic N) is 1. The topological polar surface area (TPSA) is 29.3 Å². The van der Waals surface area contributed by atoms with E-state index in [1.165, 1.54) is 16.0 Å². The van der Waals surface area contributed by atoms with Crippen LogP contribution in [0.2, 0.25) is 0 Å². The molecule has 1 unspecified atom stereocenters. The molecule has 2 N–H and O–H groups in total. The number of hydrogen-bond donors (Lipinski definition) is 1. The maximum atomic E-state index is 6.22. The molecule has 3 rings (SSSR count). The van der Waals surface area contributed by atoms with Crippen LogP contribution < -0.4 is 5.73 Å². The zero-order chi connectivity index (χ0) is 14.9. The lowest BCUT2D eigenvalue weighted by atomic mass is 9.80. The second-order valence-corrected chi connectivity index (χ2v) is 7.76. The summed E-state index contributed by atoms with van der Waals surface area (Å²) in [7, 11) is 0. The summed E-state index contributed by atoms with van der Waals surface area (Å²) in [6.45, 7) is 7.82. The first-order valence-corrected chi connectivity index (χ1v) is 8.53. The quantitative estimate of drug-likeness (QED) is 0.900. The summed E-state index contributed by atoms with van der Waals surface area (Å²) in [5.74, 6) is 0. The molecular weight excluding hydrogens is 312 g/mol. The highest BCUT2D eigenvalue weighted by molar-refractivity contribution is 7.10. The Morgan fingerprint density at radius 3 is 2.64 bits per heavy atom. The SMILES string of the molecule is CC1(C)CN(Cc2cc(-c3ccccc3)cs2)CCC1N.Cl. The smallest absolute Gasteiger partial charge is 0.0328 e. The molecule has 1 atom stereocenters. The predicted molar refractivity (Wildman–Crippen MR) is 98.7 cm³/mol. The van der Waals surface area contributed by atoms with E-state index in [1.807, 2.05) is 11.3 Å². The van der Waals surface area contributed by atoms with Crippen LogP contribution in [0.5, 0.6) is 0 Å². The van der Waals surface area contributed by atoms with Gasteiger partial charge in [0, 0.05) is 30.6 Å². The van der Waals surface area contributed by atoms with Crippen LogP contribution in [0.25, 0.3) is 11.1 Å². The second kappa shape index (κ2) is 7.14. The van der Waals surface area contributed by atoms with Crippen LogP contribution in [0.3, 0.4) is 0 Å². The molecule has 1 fully saturated rings. The van der Waals surface area contributed by atoms with Crippen molar-refractivity contribution in [2.24, 2.45) is 11.1 Å². The van der Waals surface area contributed by atoms with Gasteiger partial charge < -0.3 is 5.73 Å². The largest absolute Gasteiger partial charge is 0.327 e. The van der Waals surface area contributed by atoms with Gasteiger partial charge in [0.1, 0.15) is 0 Å². The molecule has 0 spiro atoms. The molecule has 1 aliphatic heterocycles. The number of benzene rings is 1. The van der Waals surface area contributed by atoms with Gasteiger partial charge in [0.2, 0.25) is 0 Å². The molecular formula is C18H25ClN2S. The third-order valence-electron chi connectivity index (χ3n) is 4.53. The van der Waals surface area contributed by atoms with Gasteiger partial charge >= 0.3 is 0 Å². The van der Waals surface area contributed by atoms with Crippen LogP contribution in [-0.4, -0.2) is 24.0 Å². The summed E-state index contributed by atoms with van der Waals surface area (Å²) in [5.41, 5.74) is 9.09. The van der Waals surface area contributed by atoms with Crippen molar-refractivity contribution in [2.75, 3.05) is 13.1 Å². The molecule has 0 saturated carbocycles. The Balaban J connectivity index is 0.00000176. The Labute approximate surface area is 143 Å². The maximum absolute atomic E-state index is 6.22. The van der Waals surface area contributed by atoms with Gasteiger partial charge in [-0.2, -0.15) is 0 Å². The number of thiophene rings is 1. The average molecular weight is 337 g/mol. The number of nitrogens with two attached hydrogens (primary N) is 1. The number of likely N-dealkylation sites (tertiary alicyclic amines) is 1. The first kappa shape index (κ1) is 17.5. The van der Waals surface area contributed by atoms with Crippen LogP contribution in [0.1, 0.15) is 25.1 Å².